The van der Waals surface area contributed by atoms with Gasteiger partial charge in [-0.25, -0.2) is 0 Å². The van der Waals surface area contributed by atoms with Crippen LogP contribution in [0.4, 0.5) is 13.2 Å². The second kappa shape index (κ2) is 6.70. The van der Waals surface area contributed by atoms with Crippen LogP contribution < -0.4 is 5.73 Å². The van der Waals surface area contributed by atoms with Crippen LogP contribution in [0, 0.1) is 0 Å². The number of oxime groups is 1. The molecule has 4 rings (SSSR count). The number of hydrogen-bond donors (Lipinski definition) is 3. The molecule has 28 heavy (non-hydrogen) atoms. The summed E-state index contributed by atoms with van der Waals surface area (Å²) < 4.78 is 40.7. The van der Waals surface area contributed by atoms with Crippen LogP contribution in [-0.4, -0.2) is 21.2 Å². The van der Waals surface area contributed by atoms with Gasteiger partial charge in [0.1, 0.15) is 0 Å². The highest BCUT2D eigenvalue weighted by Gasteiger charge is 2.33. The smallest absolute Gasteiger partial charge is 0.409 e. The molecule has 0 aliphatic heterocycles. The number of nitrogens with one attached hydrogen (secondary N) is 1. The number of halogens is 3. The minimum absolute atomic E-state index is 0.0766. The molecule has 0 unspecified atom stereocenters. The van der Waals surface area contributed by atoms with Crippen molar-refractivity contribution in [2.75, 3.05) is 0 Å². The summed E-state index contributed by atoms with van der Waals surface area (Å²) in [7, 11) is 0. The standard InChI is InChI=1S/C20H17F3N4O/c21-20(22,23)14-8-15(12-5-6-17-13(7-12)10-25-26-17)18(11-3-1-2-4-11)16(9-14)19(24)27-28/h3,5-10,28H,1-2,4H2,(H2,24,27)(H,25,26). The first kappa shape index (κ1) is 18.1. The molecule has 0 spiro atoms. The van der Waals surface area contributed by atoms with Gasteiger partial charge in [0.25, 0.3) is 0 Å². The molecule has 0 atom stereocenters. The van der Waals surface area contributed by atoms with Crippen molar-refractivity contribution in [3.63, 3.8) is 0 Å². The Bertz CT molecular complexity index is 1110. The average molecular weight is 386 g/mol. The molecule has 1 aliphatic rings. The van der Waals surface area contributed by atoms with E-state index in [4.69, 9.17) is 5.73 Å². The van der Waals surface area contributed by atoms with Gasteiger partial charge in [-0.1, -0.05) is 17.3 Å². The lowest BCUT2D eigenvalue weighted by Crippen LogP contribution is -2.18. The van der Waals surface area contributed by atoms with Gasteiger partial charge in [-0.05, 0) is 65.8 Å². The lowest BCUT2D eigenvalue weighted by Gasteiger charge is -2.19. The number of rotatable bonds is 3. The number of amidine groups is 1. The largest absolute Gasteiger partial charge is 0.416 e. The van der Waals surface area contributed by atoms with Crippen molar-refractivity contribution < 1.29 is 18.4 Å². The van der Waals surface area contributed by atoms with E-state index < -0.39 is 11.7 Å². The third kappa shape index (κ3) is 3.11. The number of nitrogens with two attached hydrogens (primary N) is 1. The lowest BCUT2D eigenvalue weighted by molar-refractivity contribution is -0.137. The zero-order valence-corrected chi connectivity index (χ0v) is 14.7. The minimum atomic E-state index is -4.57. The van der Waals surface area contributed by atoms with E-state index in [0.717, 1.165) is 47.9 Å². The highest BCUT2D eigenvalue weighted by atomic mass is 19.4. The first-order valence-corrected chi connectivity index (χ1v) is 8.74. The fourth-order valence-corrected chi connectivity index (χ4v) is 3.64. The Labute approximate surface area is 158 Å². The van der Waals surface area contributed by atoms with Gasteiger partial charge >= 0.3 is 6.18 Å². The van der Waals surface area contributed by atoms with E-state index in [0.29, 0.717) is 16.7 Å². The maximum Gasteiger partial charge on any atom is 0.416 e. The zero-order valence-electron chi connectivity index (χ0n) is 14.7. The number of nitrogens with zero attached hydrogens (tertiary/aromatic N) is 2. The fraction of sp³-hybridized carbons (Fsp3) is 0.200. The molecule has 0 fully saturated rings. The molecule has 8 heteroatoms. The lowest BCUT2D eigenvalue weighted by atomic mass is 9.87. The van der Waals surface area contributed by atoms with E-state index in [9.17, 15) is 18.4 Å². The van der Waals surface area contributed by atoms with Crippen LogP contribution in [0.25, 0.3) is 27.6 Å². The molecule has 0 saturated heterocycles. The number of fused-ring (bicyclic) bond motifs is 1. The van der Waals surface area contributed by atoms with Crippen molar-refractivity contribution in [2.45, 2.75) is 25.4 Å². The Morgan fingerprint density at radius 1 is 1.21 bits per heavy atom. The number of benzene rings is 2. The molecule has 0 bridgehead atoms. The molecule has 144 valence electrons. The minimum Gasteiger partial charge on any atom is -0.409 e. The summed E-state index contributed by atoms with van der Waals surface area (Å²) in [5, 5.41) is 19.7. The van der Waals surface area contributed by atoms with Crippen LogP contribution in [0.5, 0.6) is 0 Å². The van der Waals surface area contributed by atoms with Crippen LogP contribution in [0.1, 0.15) is 36.0 Å². The summed E-state index contributed by atoms with van der Waals surface area (Å²) in [6, 6.07) is 7.37. The number of alkyl halides is 3. The Kier molecular flexibility index (Phi) is 4.33. The van der Waals surface area contributed by atoms with E-state index in [1.165, 1.54) is 0 Å². The summed E-state index contributed by atoms with van der Waals surface area (Å²) in [5.41, 5.74) is 8.28. The summed E-state index contributed by atoms with van der Waals surface area (Å²) in [6.45, 7) is 0. The predicted octanol–water partition coefficient (Wildman–Crippen LogP) is 4.91. The number of aromatic amines is 1. The van der Waals surface area contributed by atoms with Crippen molar-refractivity contribution in [3.05, 3.63) is 59.3 Å². The quantitative estimate of drug-likeness (QED) is 0.259. The number of hydrogen-bond acceptors (Lipinski definition) is 3. The van der Waals surface area contributed by atoms with E-state index in [-0.39, 0.29) is 11.4 Å². The van der Waals surface area contributed by atoms with Crippen molar-refractivity contribution in [1.29, 1.82) is 0 Å². The fourth-order valence-electron chi connectivity index (χ4n) is 3.64. The molecule has 5 nitrogen and oxygen atoms in total. The van der Waals surface area contributed by atoms with Crippen LogP contribution >= 0.6 is 0 Å². The van der Waals surface area contributed by atoms with Gasteiger partial charge in [-0.2, -0.15) is 18.3 Å². The maximum atomic E-state index is 13.6. The first-order valence-electron chi connectivity index (χ1n) is 8.74. The number of aromatic nitrogens is 2. The third-order valence-corrected chi connectivity index (χ3v) is 4.96. The molecule has 1 aromatic heterocycles. The summed E-state index contributed by atoms with van der Waals surface area (Å²) >= 11 is 0. The van der Waals surface area contributed by atoms with E-state index >= 15 is 0 Å². The second-order valence-electron chi connectivity index (χ2n) is 6.72. The first-order chi connectivity index (χ1) is 13.4. The van der Waals surface area contributed by atoms with Gasteiger partial charge in [-0.3, -0.25) is 5.10 Å². The van der Waals surface area contributed by atoms with Gasteiger partial charge in [0.05, 0.1) is 17.3 Å². The highest BCUT2D eigenvalue weighted by Crippen LogP contribution is 2.42. The Morgan fingerprint density at radius 3 is 2.71 bits per heavy atom. The molecule has 3 aromatic rings. The number of allylic oxidation sites excluding steroid dienone is 2. The zero-order chi connectivity index (χ0) is 19.9. The Morgan fingerprint density at radius 2 is 2.04 bits per heavy atom. The van der Waals surface area contributed by atoms with E-state index in [1.807, 2.05) is 6.08 Å². The van der Waals surface area contributed by atoms with Gasteiger partial charge < -0.3 is 10.9 Å². The summed E-state index contributed by atoms with van der Waals surface area (Å²) in [6.07, 6.45) is 1.51. The Balaban J connectivity index is 2.06. The molecule has 0 saturated carbocycles. The molecular weight excluding hydrogens is 369 g/mol. The van der Waals surface area contributed by atoms with Gasteiger partial charge in [0, 0.05) is 10.9 Å². The van der Waals surface area contributed by atoms with Crippen LogP contribution in [-0.2, 0) is 6.18 Å². The summed E-state index contributed by atoms with van der Waals surface area (Å²) in [5.74, 6) is -0.348. The van der Waals surface area contributed by atoms with Gasteiger partial charge in [0.15, 0.2) is 5.84 Å². The van der Waals surface area contributed by atoms with Crippen molar-refractivity contribution in [2.24, 2.45) is 10.9 Å². The maximum absolute atomic E-state index is 13.6. The van der Waals surface area contributed by atoms with Crippen molar-refractivity contribution in [3.8, 4) is 11.1 Å². The van der Waals surface area contributed by atoms with E-state index in [1.54, 1.807) is 24.4 Å². The van der Waals surface area contributed by atoms with Gasteiger partial charge in [-0.15, -0.1) is 0 Å². The molecule has 2 aromatic carbocycles. The van der Waals surface area contributed by atoms with E-state index in [2.05, 4.69) is 15.4 Å². The molecule has 0 amide bonds. The van der Waals surface area contributed by atoms with Gasteiger partial charge in [0.2, 0.25) is 0 Å². The molecule has 1 aliphatic carbocycles. The normalized spacial score (nSPS) is 15.2. The molecular formula is C20H17F3N4O. The third-order valence-electron chi connectivity index (χ3n) is 4.96. The van der Waals surface area contributed by atoms with Crippen LogP contribution in [0.2, 0.25) is 0 Å². The predicted molar refractivity (Wildman–Crippen MR) is 101 cm³/mol. The van der Waals surface area contributed by atoms with Crippen molar-refractivity contribution in [1.82, 2.24) is 10.2 Å². The van der Waals surface area contributed by atoms with Crippen molar-refractivity contribution >= 4 is 22.3 Å². The molecule has 0 radical (unpaired) electrons. The SMILES string of the molecule is N/C(=N/O)c1cc(C(F)(F)F)cc(-c2ccc3[nH]ncc3c2)c1C1=CCCC1. The van der Waals surface area contributed by atoms with Crippen LogP contribution in [0.3, 0.4) is 0 Å². The average Bonchev–Trinajstić information content (AvgIpc) is 3.36. The molecule has 1 heterocycles. The monoisotopic (exact) mass is 386 g/mol. The Hall–Kier alpha value is -3.29. The topological polar surface area (TPSA) is 87.3 Å². The molecule has 4 N–H and O–H groups in total. The van der Waals surface area contributed by atoms with Crippen LogP contribution in [0.15, 0.2) is 47.8 Å². The number of H-pyrrole nitrogens is 1. The highest BCUT2D eigenvalue weighted by molar-refractivity contribution is 6.05. The summed E-state index contributed by atoms with van der Waals surface area (Å²) in [4.78, 5) is 0. The second-order valence-corrected chi connectivity index (χ2v) is 6.72.